The highest BCUT2D eigenvalue weighted by Gasteiger charge is 2.08. The number of aromatic carboxylic acids is 1. The summed E-state index contributed by atoms with van der Waals surface area (Å²) in [6.45, 7) is 2.81. The second-order valence-electron chi connectivity index (χ2n) is 7.28. The summed E-state index contributed by atoms with van der Waals surface area (Å²) < 4.78 is 7.46. The predicted octanol–water partition coefficient (Wildman–Crippen LogP) is 4.64. The summed E-state index contributed by atoms with van der Waals surface area (Å²) in [5.74, 6) is -0.282. The maximum absolute atomic E-state index is 12.9. The largest absolute Gasteiger partial charge is 0.489 e. The third-order valence-electron chi connectivity index (χ3n) is 5.00. The monoisotopic (exact) mass is 399 g/mol. The van der Waals surface area contributed by atoms with E-state index in [1.54, 1.807) is 35.0 Å². The second-order valence-corrected chi connectivity index (χ2v) is 7.28. The lowest BCUT2D eigenvalue weighted by Gasteiger charge is -2.10. The Morgan fingerprint density at radius 1 is 0.967 bits per heavy atom. The van der Waals surface area contributed by atoms with Crippen LogP contribution in [0.1, 0.15) is 27.0 Å². The van der Waals surface area contributed by atoms with Gasteiger partial charge in [-0.15, -0.1) is 0 Å². The molecule has 1 N–H and O–H groups in total. The van der Waals surface area contributed by atoms with Gasteiger partial charge < -0.3 is 14.4 Å². The minimum absolute atomic E-state index is 0.127. The molecule has 0 spiro atoms. The van der Waals surface area contributed by atoms with E-state index in [0.717, 1.165) is 16.5 Å². The van der Waals surface area contributed by atoms with Crippen molar-refractivity contribution in [2.45, 2.75) is 20.1 Å². The summed E-state index contributed by atoms with van der Waals surface area (Å²) in [4.78, 5) is 24.0. The quantitative estimate of drug-likeness (QED) is 0.513. The van der Waals surface area contributed by atoms with Crippen LogP contribution in [0.25, 0.3) is 10.8 Å². The molecule has 4 rings (SSSR count). The molecule has 0 saturated carbocycles. The number of hydrogen-bond donors (Lipinski definition) is 1. The van der Waals surface area contributed by atoms with Crippen molar-refractivity contribution in [3.8, 4) is 5.75 Å². The zero-order chi connectivity index (χ0) is 21.1. The van der Waals surface area contributed by atoms with Crippen LogP contribution in [-0.4, -0.2) is 15.6 Å². The van der Waals surface area contributed by atoms with E-state index in [-0.39, 0.29) is 11.1 Å². The van der Waals surface area contributed by atoms with Crippen LogP contribution >= 0.6 is 0 Å². The summed E-state index contributed by atoms with van der Waals surface area (Å²) in [6, 6.07) is 22.1. The van der Waals surface area contributed by atoms with Gasteiger partial charge in [-0.2, -0.15) is 0 Å². The number of aryl methyl sites for hydroxylation is 1. The highest BCUT2D eigenvalue weighted by molar-refractivity contribution is 5.87. The number of rotatable bonds is 6. The predicted molar refractivity (Wildman–Crippen MR) is 116 cm³/mol. The van der Waals surface area contributed by atoms with E-state index in [1.807, 2.05) is 49.4 Å². The fourth-order valence-electron chi connectivity index (χ4n) is 3.33. The van der Waals surface area contributed by atoms with Gasteiger partial charge in [-0.3, -0.25) is 4.79 Å². The average molecular weight is 399 g/mol. The van der Waals surface area contributed by atoms with E-state index in [4.69, 9.17) is 9.84 Å². The highest BCUT2D eigenvalue weighted by Crippen LogP contribution is 2.20. The van der Waals surface area contributed by atoms with Gasteiger partial charge in [0, 0.05) is 11.6 Å². The summed E-state index contributed by atoms with van der Waals surface area (Å²) in [6.07, 6.45) is 1.72. The Bertz CT molecular complexity index is 1270. The molecule has 4 aromatic rings. The van der Waals surface area contributed by atoms with Crippen LogP contribution in [0.5, 0.6) is 5.75 Å². The zero-order valence-electron chi connectivity index (χ0n) is 16.5. The molecule has 30 heavy (non-hydrogen) atoms. The highest BCUT2D eigenvalue weighted by atomic mass is 16.5. The van der Waals surface area contributed by atoms with Gasteiger partial charge in [-0.05, 0) is 59.8 Å². The molecule has 0 aliphatic rings. The number of carbonyl (C=O) groups is 1. The van der Waals surface area contributed by atoms with Crippen molar-refractivity contribution in [1.29, 1.82) is 0 Å². The van der Waals surface area contributed by atoms with Gasteiger partial charge in [0.25, 0.3) is 5.56 Å². The number of carboxylic acid groups (broad SMARTS) is 1. The maximum atomic E-state index is 12.9. The van der Waals surface area contributed by atoms with Crippen molar-refractivity contribution in [3.05, 3.63) is 112 Å². The van der Waals surface area contributed by atoms with E-state index in [0.29, 0.717) is 24.3 Å². The van der Waals surface area contributed by atoms with E-state index < -0.39 is 5.97 Å². The van der Waals surface area contributed by atoms with Gasteiger partial charge in [0.2, 0.25) is 0 Å². The first-order valence-electron chi connectivity index (χ1n) is 9.63. The number of nitrogens with zero attached hydrogens (tertiary/aromatic N) is 1. The molecule has 150 valence electrons. The van der Waals surface area contributed by atoms with Gasteiger partial charge in [0.1, 0.15) is 12.4 Å². The van der Waals surface area contributed by atoms with Crippen molar-refractivity contribution in [2.75, 3.05) is 0 Å². The summed E-state index contributed by atoms with van der Waals surface area (Å²) >= 11 is 0. The molecule has 5 heteroatoms. The molecule has 0 atom stereocenters. The lowest BCUT2D eigenvalue weighted by Crippen LogP contribution is -2.20. The Kier molecular flexibility index (Phi) is 5.35. The molecule has 0 bridgehead atoms. The van der Waals surface area contributed by atoms with Crippen molar-refractivity contribution in [2.24, 2.45) is 0 Å². The molecular weight excluding hydrogens is 378 g/mol. The summed E-state index contributed by atoms with van der Waals surface area (Å²) in [5, 5.41) is 10.5. The lowest BCUT2D eigenvalue weighted by molar-refractivity contribution is 0.0696. The molecule has 0 amide bonds. The molecule has 0 radical (unpaired) electrons. The molecule has 0 aliphatic carbocycles. The van der Waals surface area contributed by atoms with Crippen LogP contribution < -0.4 is 10.3 Å². The Hall–Kier alpha value is -3.86. The van der Waals surface area contributed by atoms with Gasteiger partial charge in [0.15, 0.2) is 0 Å². The van der Waals surface area contributed by atoms with Crippen LogP contribution in [0.15, 0.2) is 83.8 Å². The number of fused-ring (bicyclic) bond motifs is 1. The SMILES string of the molecule is Cc1ccc(COc2ccc3c(=O)n(Cc4cccc(C(=O)O)c4)ccc3c2)cc1. The normalized spacial score (nSPS) is 10.8. The van der Waals surface area contributed by atoms with E-state index in [2.05, 4.69) is 0 Å². The van der Waals surface area contributed by atoms with E-state index in [9.17, 15) is 9.59 Å². The Morgan fingerprint density at radius 3 is 2.53 bits per heavy atom. The number of aromatic nitrogens is 1. The fourth-order valence-corrected chi connectivity index (χ4v) is 3.33. The first-order valence-corrected chi connectivity index (χ1v) is 9.63. The van der Waals surface area contributed by atoms with Crippen LogP contribution in [0.3, 0.4) is 0 Å². The molecule has 1 heterocycles. The van der Waals surface area contributed by atoms with E-state index in [1.165, 1.54) is 11.6 Å². The summed E-state index contributed by atoms with van der Waals surface area (Å²) in [7, 11) is 0. The topological polar surface area (TPSA) is 68.5 Å². The molecule has 1 aromatic heterocycles. The molecule has 0 fully saturated rings. The van der Waals surface area contributed by atoms with Crippen LogP contribution in [-0.2, 0) is 13.2 Å². The number of pyridine rings is 1. The van der Waals surface area contributed by atoms with E-state index >= 15 is 0 Å². The summed E-state index contributed by atoms with van der Waals surface area (Å²) in [5.41, 5.74) is 3.12. The lowest BCUT2D eigenvalue weighted by atomic mass is 10.1. The number of hydrogen-bond acceptors (Lipinski definition) is 3. The van der Waals surface area contributed by atoms with Crippen LogP contribution in [0.2, 0.25) is 0 Å². The molecule has 0 saturated heterocycles. The third-order valence-corrected chi connectivity index (χ3v) is 5.00. The van der Waals surface area contributed by atoms with Crippen LogP contribution in [0.4, 0.5) is 0 Å². The average Bonchev–Trinajstić information content (AvgIpc) is 2.75. The van der Waals surface area contributed by atoms with Gasteiger partial charge >= 0.3 is 5.97 Å². The minimum Gasteiger partial charge on any atom is -0.489 e. The Labute approximate surface area is 173 Å². The number of ether oxygens (including phenoxy) is 1. The van der Waals surface area contributed by atoms with Crippen molar-refractivity contribution < 1.29 is 14.6 Å². The first-order chi connectivity index (χ1) is 14.5. The zero-order valence-corrected chi connectivity index (χ0v) is 16.5. The van der Waals surface area contributed by atoms with Crippen LogP contribution in [0, 0.1) is 6.92 Å². The smallest absolute Gasteiger partial charge is 0.335 e. The number of carboxylic acids is 1. The van der Waals surface area contributed by atoms with Crippen molar-refractivity contribution >= 4 is 16.7 Å². The number of benzene rings is 3. The third kappa shape index (κ3) is 4.25. The van der Waals surface area contributed by atoms with Crippen molar-refractivity contribution in [1.82, 2.24) is 4.57 Å². The van der Waals surface area contributed by atoms with Crippen molar-refractivity contribution in [3.63, 3.8) is 0 Å². The standard InChI is InChI=1S/C25H21NO4/c1-17-5-7-18(8-6-17)16-30-22-9-10-23-20(14-22)11-12-26(24(23)27)15-19-3-2-4-21(13-19)25(28)29/h2-14H,15-16H2,1H3,(H,28,29). The molecule has 0 aliphatic heterocycles. The first kappa shape index (κ1) is 19.5. The molecule has 0 unspecified atom stereocenters. The molecule has 5 nitrogen and oxygen atoms in total. The minimum atomic E-state index is -0.985. The fraction of sp³-hybridized carbons (Fsp3) is 0.120. The second kappa shape index (κ2) is 8.25. The van der Waals surface area contributed by atoms with Gasteiger partial charge in [0.05, 0.1) is 12.1 Å². The van der Waals surface area contributed by atoms with Gasteiger partial charge in [-0.1, -0.05) is 42.0 Å². The molecule has 3 aromatic carbocycles. The Morgan fingerprint density at radius 2 is 1.77 bits per heavy atom. The molecular formula is C25H21NO4. The van der Waals surface area contributed by atoms with Gasteiger partial charge in [-0.25, -0.2) is 4.79 Å². The Balaban J connectivity index is 1.55. The maximum Gasteiger partial charge on any atom is 0.335 e.